The SMILES string of the molecule is COc1cccc([C@@H]2C[C@@H](C(F)(F)F)n3ncc(C(=O)Nc4sc5c(c4C#N)CCCC5)c3N2)c1. The van der Waals surface area contributed by atoms with Gasteiger partial charge in [-0.2, -0.15) is 23.5 Å². The molecule has 0 fully saturated rings. The van der Waals surface area contributed by atoms with E-state index < -0.39 is 24.2 Å². The fourth-order valence-corrected chi connectivity index (χ4v) is 5.98. The smallest absolute Gasteiger partial charge is 0.410 e. The second-order valence-corrected chi connectivity index (χ2v) is 9.70. The lowest BCUT2D eigenvalue weighted by molar-refractivity contribution is -0.173. The summed E-state index contributed by atoms with van der Waals surface area (Å²) in [5.74, 6) is -0.0969. The Bertz CT molecular complexity index is 1320. The second kappa shape index (κ2) is 8.92. The topological polar surface area (TPSA) is 92.0 Å². The largest absolute Gasteiger partial charge is 0.497 e. The molecule has 35 heavy (non-hydrogen) atoms. The number of ether oxygens (including phenoxy) is 1. The van der Waals surface area contributed by atoms with Crippen molar-refractivity contribution in [2.75, 3.05) is 17.7 Å². The van der Waals surface area contributed by atoms with Gasteiger partial charge in [0.1, 0.15) is 28.2 Å². The summed E-state index contributed by atoms with van der Waals surface area (Å²) in [6, 6.07) is 6.38. The van der Waals surface area contributed by atoms with E-state index in [1.165, 1.54) is 18.4 Å². The Morgan fingerprint density at radius 2 is 2.14 bits per heavy atom. The number of carbonyl (C=O) groups is 1. The van der Waals surface area contributed by atoms with E-state index in [0.29, 0.717) is 21.9 Å². The molecule has 1 amide bonds. The lowest BCUT2D eigenvalue weighted by atomic mass is 9.96. The molecule has 0 bridgehead atoms. The quantitative estimate of drug-likeness (QED) is 0.484. The highest BCUT2D eigenvalue weighted by Crippen LogP contribution is 2.45. The van der Waals surface area contributed by atoms with E-state index in [-0.39, 0.29) is 17.8 Å². The zero-order valence-corrected chi connectivity index (χ0v) is 19.6. The van der Waals surface area contributed by atoms with Gasteiger partial charge in [-0.1, -0.05) is 12.1 Å². The van der Waals surface area contributed by atoms with E-state index in [1.807, 2.05) is 0 Å². The van der Waals surface area contributed by atoms with Gasteiger partial charge in [-0.25, -0.2) is 4.68 Å². The fourth-order valence-electron chi connectivity index (χ4n) is 4.75. The molecule has 0 saturated heterocycles. The summed E-state index contributed by atoms with van der Waals surface area (Å²) in [6.45, 7) is 0. The Kier molecular flexibility index (Phi) is 5.92. The predicted molar refractivity (Wildman–Crippen MR) is 125 cm³/mol. The molecule has 0 spiro atoms. The van der Waals surface area contributed by atoms with Crippen molar-refractivity contribution >= 4 is 28.1 Å². The van der Waals surface area contributed by atoms with Crippen molar-refractivity contribution in [1.82, 2.24) is 9.78 Å². The maximum atomic E-state index is 14.0. The summed E-state index contributed by atoms with van der Waals surface area (Å²) < 4.78 is 48.0. The number of aromatic nitrogens is 2. The van der Waals surface area contributed by atoms with E-state index >= 15 is 0 Å². The molecule has 2 aliphatic rings. The van der Waals surface area contributed by atoms with Gasteiger partial charge in [0, 0.05) is 11.3 Å². The number of benzene rings is 1. The molecule has 0 saturated carbocycles. The summed E-state index contributed by atoms with van der Waals surface area (Å²) in [4.78, 5) is 14.3. The van der Waals surface area contributed by atoms with Crippen LogP contribution in [0.1, 0.15) is 63.3 Å². The Balaban J connectivity index is 1.49. The monoisotopic (exact) mass is 501 g/mol. The van der Waals surface area contributed by atoms with Crippen LogP contribution in [0.4, 0.5) is 24.0 Å². The average molecular weight is 502 g/mol. The minimum atomic E-state index is -4.56. The van der Waals surface area contributed by atoms with Crippen LogP contribution < -0.4 is 15.4 Å². The summed E-state index contributed by atoms with van der Waals surface area (Å²) in [7, 11) is 1.49. The molecule has 2 N–H and O–H groups in total. The van der Waals surface area contributed by atoms with Crippen molar-refractivity contribution in [1.29, 1.82) is 5.26 Å². The summed E-state index contributed by atoms with van der Waals surface area (Å²) in [5, 5.41) is 19.9. The number of hydrogen-bond acceptors (Lipinski definition) is 6. The Labute approximate surface area is 203 Å². The Morgan fingerprint density at radius 1 is 1.34 bits per heavy atom. The molecule has 3 aromatic rings. The van der Waals surface area contributed by atoms with Crippen molar-refractivity contribution in [3.05, 3.63) is 57.6 Å². The molecule has 182 valence electrons. The van der Waals surface area contributed by atoms with Gasteiger partial charge in [-0.3, -0.25) is 4.79 Å². The Hall–Kier alpha value is -3.52. The summed E-state index contributed by atoms with van der Waals surface area (Å²) in [5.41, 5.74) is 2.00. The number of carbonyl (C=O) groups excluding carboxylic acids is 1. The number of nitrogens with zero attached hydrogens (tertiary/aromatic N) is 3. The fraction of sp³-hybridized carbons (Fsp3) is 0.375. The number of halogens is 3. The number of amides is 1. The highest BCUT2D eigenvalue weighted by molar-refractivity contribution is 7.16. The molecular formula is C24H22F3N5O2S. The highest BCUT2D eigenvalue weighted by atomic mass is 32.1. The first-order valence-electron chi connectivity index (χ1n) is 11.2. The molecule has 0 radical (unpaired) electrons. The van der Waals surface area contributed by atoms with Gasteiger partial charge in [-0.15, -0.1) is 11.3 Å². The lowest BCUT2D eigenvalue weighted by Gasteiger charge is -2.34. The number of hydrogen-bond donors (Lipinski definition) is 2. The summed E-state index contributed by atoms with van der Waals surface area (Å²) >= 11 is 1.36. The predicted octanol–water partition coefficient (Wildman–Crippen LogP) is 5.62. The van der Waals surface area contributed by atoms with Gasteiger partial charge in [0.15, 0.2) is 6.04 Å². The van der Waals surface area contributed by atoms with E-state index in [4.69, 9.17) is 4.74 Å². The molecule has 2 aromatic heterocycles. The molecule has 1 aromatic carbocycles. The van der Waals surface area contributed by atoms with Gasteiger partial charge < -0.3 is 15.4 Å². The number of thiophene rings is 1. The Morgan fingerprint density at radius 3 is 2.89 bits per heavy atom. The van der Waals surface area contributed by atoms with E-state index in [2.05, 4.69) is 21.8 Å². The third-order valence-corrected chi connectivity index (χ3v) is 7.70. The summed E-state index contributed by atoms with van der Waals surface area (Å²) in [6.07, 6.45) is -0.0646. The zero-order chi connectivity index (χ0) is 24.7. The maximum absolute atomic E-state index is 14.0. The van der Waals surface area contributed by atoms with Crippen LogP contribution >= 0.6 is 11.3 Å². The molecular weight excluding hydrogens is 479 g/mol. The number of aryl methyl sites for hydroxylation is 1. The first-order chi connectivity index (χ1) is 16.8. The van der Waals surface area contributed by atoms with E-state index in [9.17, 15) is 23.2 Å². The second-order valence-electron chi connectivity index (χ2n) is 8.60. The maximum Gasteiger partial charge on any atom is 0.410 e. The number of anilines is 2. The molecule has 1 aliphatic carbocycles. The van der Waals surface area contributed by atoms with Crippen LogP contribution in [0.5, 0.6) is 5.75 Å². The van der Waals surface area contributed by atoms with Gasteiger partial charge in [-0.05, 0) is 48.9 Å². The van der Waals surface area contributed by atoms with Crippen LogP contribution in [0.2, 0.25) is 0 Å². The van der Waals surface area contributed by atoms with Crippen LogP contribution in [0.3, 0.4) is 0 Å². The van der Waals surface area contributed by atoms with E-state index in [0.717, 1.165) is 47.0 Å². The minimum absolute atomic E-state index is 0.0104. The lowest BCUT2D eigenvalue weighted by Crippen LogP contribution is -2.36. The molecule has 1 aliphatic heterocycles. The third-order valence-electron chi connectivity index (χ3n) is 6.49. The molecule has 2 atom stereocenters. The third kappa shape index (κ3) is 4.23. The van der Waals surface area contributed by atoms with Gasteiger partial charge in [0.25, 0.3) is 5.91 Å². The average Bonchev–Trinajstić information content (AvgIpc) is 3.43. The van der Waals surface area contributed by atoms with Crippen molar-refractivity contribution in [2.45, 2.75) is 50.4 Å². The normalized spacial score (nSPS) is 19.2. The van der Waals surface area contributed by atoms with Gasteiger partial charge >= 0.3 is 6.18 Å². The van der Waals surface area contributed by atoms with Gasteiger partial charge in [0.2, 0.25) is 0 Å². The first kappa shape index (κ1) is 23.2. The molecule has 3 heterocycles. The zero-order valence-electron chi connectivity index (χ0n) is 18.8. The highest BCUT2D eigenvalue weighted by Gasteiger charge is 2.47. The van der Waals surface area contributed by atoms with Crippen LogP contribution in [0, 0.1) is 11.3 Å². The van der Waals surface area contributed by atoms with Crippen LogP contribution in [-0.2, 0) is 12.8 Å². The van der Waals surface area contributed by atoms with Crippen LogP contribution in [0.15, 0.2) is 30.5 Å². The number of alkyl halides is 3. The number of fused-ring (bicyclic) bond motifs is 2. The first-order valence-corrected chi connectivity index (χ1v) is 12.0. The van der Waals surface area contributed by atoms with Crippen molar-refractivity contribution < 1.29 is 22.7 Å². The molecule has 7 nitrogen and oxygen atoms in total. The molecule has 0 unspecified atom stereocenters. The molecule has 5 rings (SSSR count). The standard InChI is InChI=1S/C24H22F3N5O2S/c1-34-14-6-4-5-13(9-14)18-10-20(24(25,26)27)32-21(30-18)17(12-29-32)22(33)31-23-16(11-28)15-7-2-3-8-19(15)35-23/h4-6,9,12,18,20,30H,2-3,7-8,10H2,1H3,(H,31,33)/t18-,20-/m0/s1. The minimum Gasteiger partial charge on any atom is -0.497 e. The van der Waals surface area contributed by atoms with Gasteiger partial charge in [0.05, 0.1) is 24.9 Å². The molecule has 11 heteroatoms. The number of methoxy groups -OCH3 is 1. The van der Waals surface area contributed by atoms with Crippen LogP contribution in [-0.4, -0.2) is 29.0 Å². The van der Waals surface area contributed by atoms with Crippen molar-refractivity contribution in [3.8, 4) is 11.8 Å². The number of rotatable bonds is 4. The van der Waals surface area contributed by atoms with E-state index in [1.54, 1.807) is 24.3 Å². The van der Waals surface area contributed by atoms with Crippen molar-refractivity contribution in [2.24, 2.45) is 0 Å². The van der Waals surface area contributed by atoms with Crippen molar-refractivity contribution in [3.63, 3.8) is 0 Å². The van der Waals surface area contributed by atoms with Crippen LogP contribution in [0.25, 0.3) is 0 Å². The number of nitriles is 1. The number of nitrogens with one attached hydrogen (secondary N) is 2.